The molecule has 0 bridgehead atoms. The molecule has 0 radical (unpaired) electrons. The third-order valence-electron chi connectivity index (χ3n) is 2.36. The largest absolute Gasteiger partial charge is 0.192 e. The molecule has 1 nitrogen and oxygen atoms in total. The monoisotopic (exact) mass is 241 g/mol. The summed E-state index contributed by atoms with van der Waals surface area (Å²) < 4.78 is 0. The van der Waals surface area contributed by atoms with Crippen LogP contribution < -0.4 is 0 Å². The molecule has 16 heavy (non-hydrogen) atoms. The standard InChI is InChI=1S/C13H7NS2/c14-8-9-5-6-12-13(7-9)16-11-4-2-1-3-10(11)15-12/h1-7H. The van der Waals surface area contributed by atoms with Gasteiger partial charge in [-0.1, -0.05) is 35.7 Å². The molecule has 0 atom stereocenters. The van der Waals surface area contributed by atoms with Crippen LogP contribution in [-0.4, -0.2) is 0 Å². The van der Waals surface area contributed by atoms with Crippen LogP contribution in [0.2, 0.25) is 0 Å². The Morgan fingerprint density at radius 2 is 1.44 bits per heavy atom. The number of fused-ring (bicyclic) bond motifs is 2. The fourth-order valence-electron chi connectivity index (χ4n) is 1.60. The molecule has 0 unspecified atom stereocenters. The second-order valence-corrected chi connectivity index (χ2v) is 5.59. The summed E-state index contributed by atoms with van der Waals surface area (Å²) in [4.78, 5) is 4.99. The van der Waals surface area contributed by atoms with Crippen LogP contribution in [0.25, 0.3) is 0 Å². The summed E-state index contributed by atoms with van der Waals surface area (Å²) in [5.74, 6) is 0. The Morgan fingerprint density at radius 3 is 2.12 bits per heavy atom. The Balaban J connectivity index is 2.09. The molecule has 76 valence electrons. The van der Waals surface area contributed by atoms with Crippen LogP contribution in [0.4, 0.5) is 0 Å². The van der Waals surface area contributed by atoms with Crippen molar-refractivity contribution in [3.8, 4) is 6.07 Å². The average Bonchev–Trinajstić information content (AvgIpc) is 2.35. The molecule has 0 aliphatic carbocycles. The first kappa shape index (κ1) is 9.83. The first-order chi connectivity index (χ1) is 7.86. The summed E-state index contributed by atoms with van der Waals surface area (Å²) in [5, 5.41) is 8.87. The van der Waals surface area contributed by atoms with Gasteiger partial charge in [0.2, 0.25) is 0 Å². The second kappa shape index (κ2) is 3.89. The number of hydrogen-bond donors (Lipinski definition) is 0. The van der Waals surface area contributed by atoms with Crippen LogP contribution in [0.5, 0.6) is 0 Å². The number of benzene rings is 2. The Bertz CT molecular complexity index is 599. The van der Waals surface area contributed by atoms with Gasteiger partial charge < -0.3 is 0 Å². The minimum atomic E-state index is 0.728. The van der Waals surface area contributed by atoms with E-state index in [0.29, 0.717) is 0 Å². The van der Waals surface area contributed by atoms with Crippen molar-refractivity contribution in [1.82, 2.24) is 0 Å². The highest BCUT2D eigenvalue weighted by atomic mass is 32.2. The maximum absolute atomic E-state index is 8.87. The topological polar surface area (TPSA) is 23.8 Å². The van der Waals surface area contributed by atoms with Gasteiger partial charge in [-0.05, 0) is 30.3 Å². The van der Waals surface area contributed by atoms with Gasteiger partial charge in [0.05, 0.1) is 11.6 Å². The quantitative estimate of drug-likeness (QED) is 0.590. The highest BCUT2D eigenvalue weighted by Crippen LogP contribution is 2.48. The summed E-state index contributed by atoms with van der Waals surface area (Å²) >= 11 is 3.51. The Kier molecular flexibility index (Phi) is 2.39. The van der Waals surface area contributed by atoms with E-state index >= 15 is 0 Å². The highest BCUT2D eigenvalue weighted by molar-refractivity contribution is 8.05. The normalized spacial score (nSPS) is 12.4. The fourth-order valence-corrected chi connectivity index (χ4v) is 3.85. The van der Waals surface area contributed by atoms with Crippen LogP contribution in [0, 0.1) is 11.3 Å². The molecule has 0 amide bonds. The maximum Gasteiger partial charge on any atom is 0.0992 e. The predicted molar refractivity (Wildman–Crippen MR) is 65.8 cm³/mol. The molecule has 0 N–H and O–H groups in total. The molecule has 1 heterocycles. The van der Waals surface area contributed by atoms with E-state index < -0.39 is 0 Å². The first-order valence-corrected chi connectivity index (χ1v) is 6.49. The smallest absolute Gasteiger partial charge is 0.0992 e. The molecule has 1 aliphatic heterocycles. The number of nitrogens with zero attached hydrogens (tertiary/aromatic N) is 1. The molecule has 0 saturated carbocycles. The van der Waals surface area contributed by atoms with Gasteiger partial charge in [-0.3, -0.25) is 0 Å². The van der Waals surface area contributed by atoms with E-state index in [1.807, 2.05) is 24.3 Å². The third kappa shape index (κ3) is 1.60. The molecule has 0 aromatic heterocycles. The Hall–Kier alpha value is -1.37. The molecule has 1 aliphatic rings. The van der Waals surface area contributed by atoms with E-state index in [2.05, 4.69) is 24.3 Å². The van der Waals surface area contributed by atoms with Gasteiger partial charge in [-0.15, -0.1) is 0 Å². The van der Waals surface area contributed by atoms with Gasteiger partial charge >= 0.3 is 0 Å². The minimum absolute atomic E-state index is 0.728. The molecular formula is C13H7NS2. The molecule has 2 aromatic rings. The lowest BCUT2D eigenvalue weighted by Crippen LogP contribution is -1.89. The SMILES string of the molecule is N#Cc1ccc2c(c1)Sc1ccccc1S2. The zero-order valence-corrected chi connectivity index (χ0v) is 9.94. The van der Waals surface area contributed by atoms with Crippen molar-refractivity contribution >= 4 is 23.5 Å². The summed E-state index contributed by atoms with van der Waals surface area (Å²) in [6.07, 6.45) is 0. The van der Waals surface area contributed by atoms with Crippen LogP contribution in [0.1, 0.15) is 5.56 Å². The Morgan fingerprint density at radius 1 is 0.812 bits per heavy atom. The van der Waals surface area contributed by atoms with Gasteiger partial charge in [0.25, 0.3) is 0 Å². The number of rotatable bonds is 0. The molecule has 3 heteroatoms. The molecule has 0 saturated heterocycles. The minimum Gasteiger partial charge on any atom is -0.192 e. The lowest BCUT2D eigenvalue weighted by Gasteiger charge is -2.17. The van der Waals surface area contributed by atoms with Gasteiger partial charge in [0.1, 0.15) is 0 Å². The lowest BCUT2D eigenvalue weighted by atomic mass is 10.2. The number of hydrogen-bond acceptors (Lipinski definition) is 3. The van der Waals surface area contributed by atoms with Crippen molar-refractivity contribution in [2.75, 3.05) is 0 Å². The predicted octanol–water partition coefficient (Wildman–Crippen LogP) is 4.17. The second-order valence-electron chi connectivity index (χ2n) is 3.42. The summed E-state index contributed by atoms with van der Waals surface area (Å²) in [5.41, 5.74) is 0.728. The van der Waals surface area contributed by atoms with Crippen LogP contribution >= 0.6 is 23.5 Å². The molecular weight excluding hydrogens is 234 g/mol. The van der Waals surface area contributed by atoms with Crippen molar-refractivity contribution in [1.29, 1.82) is 5.26 Å². The van der Waals surface area contributed by atoms with Gasteiger partial charge in [-0.25, -0.2) is 0 Å². The zero-order valence-electron chi connectivity index (χ0n) is 8.31. The fraction of sp³-hybridized carbons (Fsp3) is 0. The summed E-state index contributed by atoms with van der Waals surface area (Å²) in [6.45, 7) is 0. The van der Waals surface area contributed by atoms with E-state index in [0.717, 1.165) is 5.56 Å². The van der Waals surface area contributed by atoms with Crippen molar-refractivity contribution < 1.29 is 0 Å². The summed E-state index contributed by atoms with van der Waals surface area (Å²) in [7, 11) is 0. The van der Waals surface area contributed by atoms with Crippen molar-refractivity contribution in [2.24, 2.45) is 0 Å². The molecule has 2 aromatic carbocycles. The van der Waals surface area contributed by atoms with E-state index in [-0.39, 0.29) is 0 Å². The highest BCUT2D eigenvalue weighted by Gasteiger charge is 2.16. The lowest BCUT2D eigenvalue weighted by molar-refractivity contribution is 1.15. The first-order valence-electron chi connectivity index (χ1n) is 4.86. The average molecular weight is 241 g/mol. The van der Waals surface area contributed by atoms with Crippen molar-refractivity contribution in [3.05, 3.63) is 48.0 Å². The van der Waals surface area contributed by atoms with E-state index in [1.54, 1.807) is 23.5 Å². The van der Waals surface area contributed by atoms with Crippen LogP contribution in [-0.2, 0) is 0 Å². The third-order valence-corrected chi connectivity index (χ3v) is 4.91. The van der Waals surface area contributed by atoms with Crippen molar-refractivity contribution in [3.63, 3.8) is 0 Å². The van der Waals surface area contributed by atoms with Crippen LogP contribution in [0.15, 0.2) is 62.0 Å². The van der Waals surface area contributed by atoms with E-state index in [1.165, 1.54) is 19.6 Å². The van der Waals surface area contributed by atoms with Gasteiger partial charge in [0, 0.05) is 19.6 Å². The van der Waals surface area contributed by atoms with E-state index in [9.17, 15) is 0 Å². The maximum atomic E-state index is 8.87. The van der Waals surface area contributed by atoms with Gasteiger partial charge in [0.15, 0.2) is 0 Å². The van der Waals surface area contributed by atoms with Gasteiger partial charge in [-0.2, -0.15) is 5.26 Å². The Labute approximate surface area is 102 Å². The van der Waals surface area contributed by atoms with E-state index in [4.69, 9.17) is 5.26 Å². The zero-order chi connectivity index (χ0) is 11.0. The van der Waals surface area contributed by atoms with Crippen LogP contribution in [0.3, 0.4) is 0 Å². The molecule has 0 spiro atoms. The van der Waals surface area contributed by atoms with Crippen molar-refractivity contribution in [2.45, 2.75) is 19.6 Å². The molecule has 0 fully saturated rings. The summed E-state index contributed by atoms with van der Waals surface area (Å²) in [6, 6.07) is 16.4. The number of nitriles is 1. The molecule has 3 rings (SSSR count).